The average molecular weight is 703 g/mol. The minimum atomic E-state index is -3.89. The Bertz CT molecular complexity index is 1570. The van der Waals surface area contributed by atoms with E-state index in [9.17, 15) is 26.8 Å². The minimum absolute atomic E-state index is 0.0281. The summed E-state index contributed by atoms with van der Waals surface area (Å²) in [6.45, 7) is 6.06. The molecule has 0 saturated carbocycles. The Morgan fingerprint density at radius 3 is 2.22 bits per heavy atom. The van der Waals surface area contributed by atoms with E-state index in [-0.39, 0.29) is 25.1 Å². The number of halogens is 2. The van der Waals surface area contributed by atoms with Crippen molar-refractivity contribution in [2.24, 2.45) is 5.73 Å². The second-order valence-electron chi connectivity index (χ2n) is 12.1. The van der Waals surface area contributed by atoms with E-state index in [1.54, 1.807) is 18.3 Å². The van der Waals surface area contributed by atoms with Crippen molar-refractivity contribution in [2.75, 3.05) is 12.3 Å². The van der Waals surface area contributed by atoms with E-state index < -0.39 is 62.7 Å². The predicted octanol–water partition coefficient (Wildman–Crippen LogP) is 5.17. The third-order valence-corrected chi connectivity index (χ3v) is 10.3. The Morgan fingerprint density at radius 2 is 1.59 bits per heavy atom. The lowest BCUT2D eigenvalue weighted by atomic mass is 10.0. The SMILES string of the molecule is CCCC(CCC)S(=O)(=O)C[C@H](NC(=O)OCc1cccnc1)C(=O)O[C@H](CNCc1cccc(CC)c1)[C@@H](N)Cc1cc(F)cc(F)c1. The van der Waals surface area contributed by atoms with Gasteiger partial charge < -0.3 is 25.8 Å². The van der Waals surface area contributed by atoms with Crippen LogP contribution in [-0.2, 0) is 50.1 Å². The number of esters is 1. The number of sulfone groups is 1. The van der Waals surface area contributed by atoms with Gasteiger partial charge >= 0.3 is 12.1 Å². The van der Waals surface area contributed by atoms with Crippen LogP contribution in [0, 0.1) is 11.6 Å². The molecule has 49 heavy (non-hydrogen) atoms. The predicted molar refractivity (Wildman–Crippen MR) is 184 cm³/mol. The number of nitrogens with one attached hydrogen (secondary N) is 2. The number of rotatable bonds is 20. The highest BCUT2D eigenvalue weighted by Crippen LogP contribution is 2.18. The zero-order valence-electron chi connectivity index (χ0n) is 28.4. The summed E-state index contributed by atoms with van der Waals surface area (Å²) in [4.78, 5) is 30.6. The second kappa shape index (κ2) is 19.9. The van der Waals surface area contributed by atoms with Gasteiger partial charge in [0.1, 0.15) is 30.4 Å². The van der Waals surface area contributed by atoms with E-state index in [4.69, 9.17) is 15.2 Å². The zero-order chi connectivity index (χ0) is 35.8. The number of hydrogen-bond acceptors (Lipinski definition) is 9. The first-order valence-corrected chi connectivity index (χ1v) is 18.4. The van der Waals surface area contributed by atoms with Gasteiger partial charge in [0.05, 0.1) is 11.0 Å². The molecule has 0 aliphatic rings. The number of aromatic nitrogens is 1. The minimum Gasteiger partial charge on any atom is -0.458 e. The van der Waals surface area contributed by atoms with Gasteiger partial charge in [-0.05, 0) is 60.6 Å². The molecule has 0 saturated heterocycles. The van der Waals surface area contributed by atoms with Gasteiger partial charge in [-0.25, -0.2) is 26.8 Å². The number of ether oxygens (including phenoxy) is 2. The van der Waals surface area contributed by atoms with Crippen LogP contribution in [0.3, 0.4) is 0 Å². The van der Waals surface area contributed by atoms with Crippen LogP contribution in [0.15, 0.2) is 67.0 Å². The topological polar surface area (TPSA) is 150 Å². The number of carbonyl (C=O) groups excluding carboxylic acids is 2. The molecule has 1 amide bonds. The van der Waals surface area contributed by atoms with E-state index in [1.807, 2.05) is 45.0 Å². The van der Waals surface area contributed by atoms with Crippen molar-refractivity contribution < 1.29 is 36.3 Å². The maximum absolute atomic E-state index is 14.0. The lowest BCUT2D eigenvalue weighted by Crippen LogP contribution is -2.52. The highest BCUT2D eigenvalue weighted by Gasteiger charge is 2.35. The lowest BCUT2D eigenvalue weighted by molar-refractivity contribution is -0.151. The van der Waals surface area contributed by atoms with E-state index in [2.05, 4.69) is 15.6 Å². The number of aryl methyl sites for hydroxylation is 1. The molecule has 3 atom stereocenters. The molecule has 10 nitrogen and oxygen atoms in total. The van der Waals surface area contributed by atoms with Gasteiger partial charge in [0.25, 0.3) is 0 Å². The molecule has 0 spiro atoms. The number of carbonyl (C=O) groups is 2. The molecule has 13 heteroatoms. The fraction of sp³-hybridized carbons (Fsp3) is 0.472. The van der Waals surface area contributed by atoms with Gasteiger partial charge in [-0.15, -0.1) is 0 Å². The van der Waals surface area contributed by atoms with Crippen LogP contribution in [0.2, 0.25) is 0 Å². The summed E-state index contributed by atoms with van der Waals surface area (Å²) in [6.07, 6.45) is 3.78. The van der Waals surface area contributed by atoms with Crippen LogP contribution in [0.25, 0.3) is 0 Å². The number of nitrogens with zero attached hydrogens (tertiary/aromatic N) is 1. The number of pyridine rings is 1. The average Bonchev–Trinajstić information content (AvgIpc) is 3.06. The highest BCUT2D eigenvalue weighted by molar-refractivity contribution is 7.92. The largest absolute Gasteiger partial charge is 0.458 e. The molecule has 4 N–H and O–H groups in total. The molecule has 0 radical (unpaired) electrons. The summed E-state index contributed by atoms with van der Waals surface area (Å²) < 4.78 is 66.2. The van der Waals surface area contributed by atoms with E-state index >= 15 is 0 Å². The van der Waals surface area contributed by atoms with Crippen LogP contribution in [-0.4, -0.2) is 61.2 Å². The third-order valence-electron chi connectivity index (χ3n) is 8.01. The summed E-state index contributed by atoms with van der Waals surface area (Å²) in [5.41, 5.74) is 9.45. The van der Waals surface area contributed by atoms with E-state index in [0.717, 1.165) is 35.7 Å². The van der Waals surface area contributed by atoms with Crippen LogP contribution < -0.4 is 16.4 Å². The van der Waals surface area contributed by atoms with E-state index in [0.29, 0.717) is 37.8 Å². The smallest absolute Gasteiger partial charge is 0.408 e. The first-order chi connectivity index (χ1) is 23.4. The summed E-state index contributed by atoms with van der Waals surface area (Å²) in [6, 6.07) is 11.7. The molecule has 3 rings (SSSR count). The molecular weight excluding hydrogens is 654 g/mol. The van der Waals surface area contributed by atoms with Gasteiger partial charge in [-0.3, -0.25) is 4.98 Å². The molecule has 0 bridgehead atoms. The Kier molecular flexibility index (Phi) is 16.0. The van der Waals surface area contributed by atoms with Crippen LogP contribution in [0.4, 0.5) is 13.6 Å². The first kappa shape index (κ1) is 39.5. The van der Waals surface area contributed by atoms with Crippen molar-refractivity contribution in [1.29, 1.82) is 0 Å². The highest BCUT2D eigenvalue weighted by atomic mass is 32.2. The zero-order valence-corrected chi connectivity index (χ0v) is 29.2. The molecule has 3 aromatic rings. The fourth-order valence-corrected chi connectivity index (χ4v) is 7.61. The summed E-state index contributed by atoms with van der Waals surface area (Å²) >= 11 is 0. The molecule has 1 aromatic heterocycles. The number of nitrogens with two attached hydrogens (primary N) is 1. The maximum Gasteiger partial charge on any atom is 0.408 e. The van der Waals surface area contributed by atoms with Crippen molar-refractivity contribution in [3.63, 3.8) is 0 Å². The quantitative estimate of drug-likeness (QED) is 0.136. The molecule has 0 aliphatic heterocycles. The second-order valence-corrected chi connectivity index (χ2v) is 14.4. The lowest BCUT2D eigenvalue weighted by Gasteiger charge is -2.28. The van der Waals surface area contributed by atoms with Gasteiger partial charge in [-0.2, -0.15) is 0 Å². The van der Waals surface area contributed by atoms with Crippen LogP contribution in [0.1, 0.15) is 68.7 Å². The first-order valence-electron chi connectivity index (χ1n) is 16.7. The van der Waals surface area contributed by atoms with Gasteiger partial charge in [0.15, 0.2) is 9.84 Å². The third kappa shape index (κ3) is 13.5. The fourth-order valence-electron chi connectivity index (χ4n) is 5.46. The molecular formula is C36H48F2N4O6S. The monoisotopic (exact) mass is 702 g/mol. The number of hydrogen-bond donors (Lipinski definition) is 3. The molecule has 2 aromatic carbocycles. The van der Waals surface area contributed by atoms with Crippen molar-refractivity contribution in [1.82, 2.24) is 15.6 Å². The summed E-state index contributed by atoms with van der Waals surface area (Å²) in [5, 5.41) is 4.90. The van der Waals surface area contributed by atoms with Crippen molar-refractivity contribution in [3.05, 3.63) is 101 Å². The molecule has 1 heterocycles. The molecule has 0 aliphatic carbocycles. The normalized spacial score (nSPS) is 13.4. The Morgan fingerprint density at radius 1 is 0.918 bits per heavy atom. The summed E-state index contributed by atoms with van der Waals surface area (Å²) in [7, 11) is -3.89. The number of amides is 1. The number of alkyl carbamates (subject to hydrolysis) is 1. The van der Waals surface area contributed by atoms with Crippen molar-refractivity contribution in [3.8, 4) is 0 Å². The maximum atomic E-state index is 14.0. The number of benzene rings is 2. The van der Waals surface area contributed by atoms with E-state index in [1.165, 1.54) is 6.20 Å². The Labute approximate surface area is 288 Å². The summed E-state index contributed by atoms with van der Waals surface area (Å²) in [5.74, 6) is -3.31. The van der Waals surface area contributed by atoms with Gasteiger partial charge in [-0.1, -0.05) is 63.9 Å². The van der Waals surface area contributed by atoms with Gasteiger partial charge in [0.2, 0.25) is 0 Å². The molecule has 0 unspecified atom stereocenters. The van der Waals surface area contributed by atoms with Gasteiger partial charge in [0, 0.05) is 43.2 Å². The standard InChI is InChI=1S/C36H48F2N4O6S/c1-4-9-31(10-5-2)49(45,46)24-33(42-36(44)47-23-27-13-8-14-40-21-27)35(43)48-34(22-41-20-26-12-7-11-25(6-3)15-26)32(39)18-28-16-29(37)19-30(38)17-28/h7-8,11-17,19,21,31-34,41H,4-6,9-10,18,20,22-24,39H2,1-3H3,(H,42,44)/t32-,33-,34+/m0/s1. The molecule has 268 valence electrons. The van der Waals surface area contributed by atoms with Crippen LogP contribution in [0.5, 0.6) is 0 Å². The van der Waals surface area contributed by atoms with Crippen molar-refractivity contribution in [2.45, 2.75) is 95.9 Å². The molecule has 0 fully saturated rings. The van der Waals surface area contributed by atoms with Crippen molar-refractivity contribution >= 4 is 21.9 Å². The Hall–Kier alpha value is -3.94. The van der Waals surface area contributed by atoms with Crippen LogP contribution >= 0.6 is 0 Å². The Balaban J connectivity index is 1.85.